The fraction of sp³-hybridized carbons (Fsp3) is 0.250. The van der Waals surface area contributed by atoms with Crippen molar-refractivity contribution < 1.29 is 0 Å². The molecule has 114 valence electrons. The van der Waals surface area contributed by atoms with E-state index in [0.29, 0.717) is 5.15 Å². The van der Waals surface area contributed by atoms with Crippen LogP contribution in [0.1, 0.15) is 11.1 Å². The molecule has 0 saturated carbocycles. The molecular formula is C16H18ClN5. The molecule has 6 heteroatoms. The summed E-state index contributed by atoms with van der Waals surface area (Å²) in [5.41, 5.74) is 8.84. The average Bonchev–Trinajstić information content (AvgIpc) is 2.77. The first-order valence-electron chi connectivity index (χ1n) is 7.04. The maximum atomic E-state index is 6.30. The Bertz CT molecular complexity index is 795. The number of hydrogen-bond acceptors (Lipinski definition) is 4. The van der Waals surface area contributed by atoms with Crippen molar-refractivity contribution in [1.29, 1.82) is 0 Å². The minimum Gasteiger partial charge on any atom is -0.368 e. The second-order valence-electron chi connectivity index (χ2n) is 5.58. The highest BCUT2D eigenvalue weighted by molar-refractivity contribution is 6.34. The van der Waals surface area contributed by atoms with Crippen molar-refractivity contribution >= 4 is 28.6 Å². The third-order valence-electron chi connectivity index (χ3n) is 3.45. The van der Waals surface area contributed by atoms with Gasteiger partial charge in [-0.1, -0.05) is 41.9 Å². The van der Waals surface area contributed by atoms with Crippen LogP contribution in [0.2, 0.25) is 5.15 Å². The molecule has 0 unspecified atom stereocenters. The number of nitrogens with two attached hydrogens (primary N) is 1. The van der Waals surface area contributed by atoms with Gasteiger partial charge in [-0.25, -0.2) is 4.98 Å². The maximum absolute atomic E-state index is 6.30. The van der Waals surface area contributed by atoms with E-state index in [-0.39, 0.29) is 5.95 Å². The highest BCUT2D eigenvalue weighted by Gasteiger charge is 2.16. The van der Waals surface area contributed by atoms with Crippen LogP contribution in [0.15, 0.2) is 36.5 Å². The zero-order valence-corrected chi connectivity index (χ0v) is 13.4. The molecule has 2 aromatic heterocycles. The summed E-state index contributed by atoms with van der Waals surface area (Å²) < 4.78 is 2.08. The van der Waals surface area contributed by atoms with Crippen LogP contribution in [0, 0.1) is 0 Å². The van der Waals surface area contributed by atoms with Crippen molar-refractivity contribution in [1.82, 2.24) is 19.4 Å². The van der Waals surface area contributed by atoms with Crippen LogP contribution in [0.25, 0.3) is 11.0 Å². The quantitative estimate of drug-likeness (QED) is 0.752. The first kappa shape index (κ1) is 14.8. The Morgan fingerprint density at radius 1 is 1.18 bits per heavy atom. The molecule has 0 aliphatic heterocycles. The fourth-order valence-corrected chi connectivity index (χ4v) is 2.89. The Balaban J connectivity index is 2.13. The summed E-state index contributed by atoms with van der Waals surface area (Å²) in [5, 5.41) is 1.28. The molecule has 0 spiro atoms. The summed E-state index contributed by atoms with van der Waals surface area (Å²) in [6.45, 7) is 1.49. The Kier molecular flexibility index (Phi) is 4.00. The first-order chi connectivity index (χ1) is 10.5. The van der Waals surface area contributed by atoms with Crippen molar-refractivity contribution in [3.05, 3.63) is 52.8 Å². The van der Waals surface area contributed by atoms with Gasteiger partial charge in [0.05, 0.1) is 5.39 Å². The zero-order valence-electron chi connectivity index (χ0n) is 12.6. The highest BCUT2D eigenvalue weighted by atomic mass is 35.5. The lowest BCUT2D eigenvalue weighted by molar-refractivity contribution is 0.403. The molecular weight excluding hydrogens is 298 g/mol. The predicted octanol–water partition coefficient (Wildman–Crippen LogP) is 2.78. The molecule has 0 atom stereocenters. The lowest BCUT2D eigenvalue weighted by Crippen LogP contribution is -2.10. The number of fused-ring (bicyclic) bond motifs is 1. The summed E-state index contributed by atoms with van der Waals surface area (Å²) in [6.07, 6.45) is 2.08. The van der Waals surface area contributed by atoms with E-state index in [9.17, 15) is 0 Å². The fourth-order valence-electron chi connectivity index (χ4n) is 2.60. The molecule has 0 radical (unpaired) electrons. The molecule has 3 aromatic rings. The molecule has 0 aliphatic rings. The Hall–Kier alpha value is -2.11. The minimum atomic E-state index is 0.196. The number of rotatable bonds is 4. The molecule has 1 aromatic carbocycles. The molecule has 3 rings (SSSR count). The van der Waals surface area contributed by atoms with E-state index in [1.807, 2.05) is 32.3 Å². The van der Waals surface area contributed by atoms with Gasteiger partial charge in [-0.05, 0) is 25.2 Å². The first-order valence-corrected chi connectivity index (χ1v) is 7.42. The van der Waals surface area contributed by atoms with Gasteiger partial charge in [0.1, 0.15) is 10.8 Å². The molecule has 2 heterocycles. The lowest BCUT2D eigenvalue weighted by atomic mass is 10.2. The second-order valence-corrected chi connectivity index (χ2v) is 5.93. The van der Waals surface area contributed by atoms with Gasteiger partial charge in [-0.3, -0.25) is 0 Å². The van der Waals surface area contributed by atoms with E-state index in [1.54, 1.807) is 0 Å². The zero-order chi connectivity index (χ0) is 15.7. The third kappa shape index (κ3) is 2.91. The number of nitrogens with zero attached hydrogens (tertiary/aromatic N) is 4. The normalized spacial score (nSPS) is 11.5. The van der Waals surface area contributed by atoms with E-state index < -0.39 is 0 Å². The number of nitrogen functional groups attached to an aromatic ring is 1. The highest BCUT2D eigenvalue weighted by Crippen LogP contribution is 2.28. The topological polar surface area (TPSA) is 60.0 Å². The van der Waals surface area contributed by atoms with Crippen LogP contribution in [0.3, 0.4) is 0 Å². The van der Waals surface area contributed by atoms with E-state index in [4.69, 9.17) is 17.3 Å². The number of halogens is 1. The van der Waals surface area contributed by atoms with Gasteiger partial charge in [0.25, 0.3) is 0 Å². The van der Waals surface area contributed by atoms with Crippen LogP contribution >= 0.6 is 11.6 Å². The molecule has 0 aliphatic carbocycles. The van der Waals surface area contributed by atoms with Crippen LogP contribution in [0.5, 0.6) is 0 Å². The summed E-state index contributed by atoms with van der Waals surface area (Å²) in [4.78, 5) is 10.6. The van der Waals surface area contributed by atoms with Gasteiger partial charge in [-0.2, -0.15) is 4.98 Å². The summed E-state index contributed by atoms with van der Waals surface area (Å²) in [5.74, 6) is 0.196. The summed E-state index contributed by atoms with van der Waals surface area (Å²) in [7, 11) is 4.04. The Morgan fingerprint density at radius 2 is 1.91 bits per heavy atom. The van der Waals surface area contributed by atoms with E-state index >= 15 is 0 Å². The lowest BCUT2D eigenvalue weighted by Gasteiger charge is -2.08. The van der Waals surface area contributed by atoms with Gasteiger partial charge in [0.15, 0.2) is 0 Å². The van der Waals surface area contributed by atoms with Gasteiger partial charge < -0.3 is 15.2 Å². The molecule has 0 fully saturated rings. The predicted molar refractivity (Wildman–Crippen MR) is 89.9 cm³/mol. The van der Waals surface area contributed by atoms with Crippen LogP contribution in [0.4, 0.5) is 5.95 Å². The van der Waals surface area contributed by atoms with Crippen molar-refractivity contribution in [3.8, 4) is 0 Å². The van der Waals surface area contributed by atoms with E-state index in [0.717, 1.165) is 29.7 Å². The second kappa shape index (κ2) is 5.94. The summed E-state index contributed by atoms with van der Waals surface area (Å²) in [6, 6.07) is 10.2. The van der Waals surface area contributed by atoms with E-state index in [1.165, 1.54) is 5.56 Å². The molecule has 2 N–H and O–H groups in total. The maximum Gasteiger partial charge on any atom is 0.223 e. The third-order valence-corrected chi connectivity index (χ3v) is 3.72. The number of anilines is 1. The SMILES string of the molecule is CN(C)Cc1cn(Cc2ccccc2)c2nc(N)nc(Cl)c12. The van der Waals surface area contributed by atoms with Gasteiger partial charge in [0, 0.05) is 19.3 Å². The monoisotopic (exact) mass is 315 g/mol. The van der Waals surface area contributed by atoms with Crippen molar-refractivity contribution in [2.75, 3.05) is 19.8 Å². The minimum absolute atomic E-state index is 0.196. The van der Waals surface area contributed by atoms with Gasteiger partial charge >= 0.3 is 0 Å². The van der Waals surface area contributed by atoms with Crippen molar-refractivity contribution in [2.45, 2.75) is 13.1 Å². The molecule has 0 saturated heterocycles. The molecule has 22 heavy (non-hydrogen) atoms. The van der Waals surface area contributed by atoms with Crippen LogP contribution in [-0.4, -0.2) is 33.5 Å². The molecule has 0 amide bonds. The Labute approximate surface area is 134 Å². The standard InChI is InChI=1S/C16H18ClN5/c1-21(2)9-12-10-22(8-11-6-4-3-5-7-11)15-13(12)14(17)19-16(18)20-15/h3-7,10H,8-9H2,1-2H3,(H2,18,19,20). The average molecular weight is 316 g/mol. The van der Waals surface area contributed by atoms with Crippen molar-refractivity contribution in [3.63, 3.8) is 0 Å². The van der Waals surface area contributed by atoms with Gasteiger partial charge in [-0.15, -0.1) is 0 Å². The largest absolute Gasteiger partial charge is 0.368 e. The summed E-state index contributed by atoms with van der Waals surface area (Å²) >= 11 is 6.30. The molecule has 5 nitrogen and oxygen atoms in total. The number of hydrogen-bond donors (Lipinski definition) is 1. The van der Waals surface area contributed by atoms with Crippen molar-refractivity contribution in [2.24, 2.45) is 0 Å². The van der Waals surface area contributed by atoms with E-state index in [2.05, 4.69) is 37.8 Å². The molecule has 0 bridgehead atoms. The Morgan fingerprint density at radius 3 is 2.59 bits per heavy atom. The number of benzene rings is 1. The van der Waals surface area contributed by atoms with Crippen LogP contribution < -0.4 is 5.73 Å². The van der Waals surface area contributed by atoms with Crippen LogP contribution in [-0.2, 0) is 13.1 Å². The van der Waals surface area contributed by atoms with Gasteiger partial charge in [0.2, 0.25) is 5.95 Å². The smallest absolute Gasteiger partial charge is 0.223 e. The number of aromatic nitrogens is 3.